The maximum absolute atomic E-state index is 13.1. The van der Waals surface area contributed by atoms with Crippen LogP contribution in [0.2, 0.25) is 5.02 Å². The van der Waals surface area contributed by atoms with Crippen molar-refractivity contribution in [2.45, 2.75) is 12.6 Å². The van der Waals surface area contributed by atoms with E-state index in [0.717, 1.165) is 12.1 Å². The van der Waals surface area contributed by atoms with E-state index in [2.05, 4.69) is 15.6 Å². The second-order valence-corrected chi connectivity index (χ2v) is 7.56. The van der Waals surface area contributed by atoms with Crippen LogP contribution in [0, 0.1) is 0 Å². The quantitative estimate of drug-likeness (QED) is 0.747. The highest BCUT2D eigenvalue weighted by molar-refractivity contribution is 7.09. The first kappa shape index (κ1) is 17.2. The minimum atomic E-state index is -0.118. The number of hydrogen-bond donors (Lipinski definition) is 1. The molecule has 1 amide bonds. The Hall–Kier alpha value is -2.22. The zero-order valence-corrected chi connectivity index (χ0v) is 15.6. The number of aromatic nitrogens is 3. The van der Waals surface area contributed by atoms with E-state index in [1.165, 1.54) is 4.88 Å². The van der Waals surface area contributed by atoms with Gasteiger partial charge in [0.15, 0.2) is 5.69 Å². The van der Waals surface area contributed by atoms with Crippen molar-refractivity contribution in [2.24, 2.45) is 0 Å². The second-order valence-electron chi connectivity index (χ2n) is 6.12. The van der Waals surface area contributed by atoms with Gasteiger partial charge in [-0.05, 0) is 23.1 Å². The van der Waals surface area contributed by atoms with E-state index in [4.69, 9.17) is 11.6 Å². The number of amides is 1. The fraction of sp³-hybridized carbons (Fsp3) is 0.278. The molecule has 1 unspecified atom stereocenters. The second kappa shape index (κ2) is 7.57. The maximum atomic E-state index is 13.1. The lowest BCUT2D eigenvalue weighted by atomic mass is 10.0. The molecule has 134 valence electrons. The van der Waals surface area contributed by atoms with E-state index >= 15 is 0 Å². The highest BCUT2D eigenvalue weighted by Gasteiger charge is 2.31. The van der Waals surface area contributed by atoms with Crippen LogP contribution >= 0.6 is 22.9 Å². The zero-order chi connectivity index (χ0) is 17.9. The summed E-state index contributed by atoms with van der Waals surface area (Å²) in [5.74, 6) is -0.117. The lowest BCUT2D eigenvalue weighted by Crippen LogP contribution is -2.48. The predicted octanol–water partition coefficient (Wildman–Crippen LogP) is 2.83. The fourth-order valence-corrected chi connectivity index (χ4v) is 4.11. The molecule has 1 fully saturated rings. The van der Waals surface area contributed by atoms with Crippen LogP contribution < -0.4 is 5.32 Å². The van der Waals surface area contributed by atoms with Crippen molar-refractivity contribution in [2.75, 3.05) is 19.6 Å². The van der Waals surface area contributed by atoms with Crippen LogP contribution in [0.1, 0.15) is 27.0 Å². The van der Waals surface area contributed by atoms with Crippen molar-refractivity contribution >= 4 is 28.8 Å². The van der Waals surface area contributed by atoms with Gasteiger partial charge in [0.05, 0.1) is 18.8 Å². The maximum Gasteiger partial charge on any atom is 0.276 e. The minimum absolute atomic E-state index is 0.117. The van der Waals surface area contributed by atoms with E-state index in [-0.39, 0.29) is 11.9 Å². The van der Waals surface area contributed by atoms with Crippen molar-refractivity contribution in [3.05, 3.63) is 69.1 Å². The van der Waals surface area contributed by atoms with Crippen LogP contribution in [-0.4, -0.2) is 45.4 Å². The number of carbonyl (C=O) groups excluding carboxylic acids is 1. The minimum Gasteiger partial charge on any atom is -0.328 e. The van der Waals surface area contributed by atoms with E-state index in [0.29, 0.717) is 30.4 Å². The molecule has 1 saturated heterocycles. The van der Waals surface area contributed by atoms with Crippen molar-refractivity contribution in [3.63, 3.8) is 0 Å². The molecule has 3 heterocycles. The number of hydrogen-bond acceptors (Lipinski definition) is 5. The molecule has 0 saturated carbocycles. The average molecular weight is 388 g/mol. The van der Waals surface area contributed by atoms with Crippen LogP contribution in [0.15, 0.2) is 48.0 Å². The molecule has 0 bridgehead atoms. The SMILES string of the molecule is O=C(c1cn(Cc2cccs2)nn1)N1CCNCC1c1ccccc1Cl. The van der Waals surface area contributed by atoms with Crippen LogP contribution in [0.3, 0.4) is 0 Å². The Morgan fingerprint density at radius 1 is 1.31 bits per heavy atom. The first-order valence-electron chi connectivity index (χ1n) is 8.41. The molecule has 0 radical (unpaired) electrons. The molecule has 26 heavy (non-hydrogen) atoms. The number of thiophene rings is 1. The fourth-order valence-electron chi connectivity index (χ4n) is 3.15. The van der Waals surface area contributed by atoms with Gasteiger partial charge in [0, 0.05) is 29.5 Å². The number of benzene rings is 1. The van der Waals surface area contributed by atoms with Crippen molar-refractivity contribution in [1.29, 1.82) is 0 Å². The van der Waals surface area contributed by atoms with Crippen molar-refractivity contribution in [1.82, 2.24) is 25.2 Å². The van der Waals surface area contributed by atoms with E-state index in [9.17, 15) is 4.79 Å². The van der Waals surface area contributed by atoms with Gasteiger partial charge in [0.1, 0.15) is 0 Å². The lowest BCUT2D eigenvalue weighted by Gasteiger charge is -2.36. The van der Waals surface area contributed by atoms with Gasteiger partial charge in [-0.25, -0.2) is 4.68 Å². The molecular formula is C18H18ClN5OS. The molecule has 2 aromatic heterocycles. The van der Waals surface area contributed by atoms with Crippen LogP contribution in [0.4, 0.5) is 0 Å². The van der Waals surface area contributed by atoms with Crippen molar-refractivity contribution in [3.8, 4) is 0 Å². The summed E-state index contributed by atoms with van der Waals surface area (Å²) in [5, 5.41) is 14.2. The Labute approximate surface area is 160 Å². The summed E-state index contributed by atoms with van der Waals surface area (Å²) in [5.41, 5.74) is 1.31. The summed E-state index contributed by atoms with van der Waals surface area (Å²) >= 11 is 8.02. The average Bonchev–Trinajstić information content (AvgIpc) is 3.34. The lowest BCUT2D eigenvalue weighted by molar-refractivity contribution is 0.0628. The molecule has 1 aliphatic heterocycles. The molecular weight excluding hydrogens is 370 g/mol. The van der Waals surface area contributed by atoms with Gasteiger partial charge in [0.2, 0.25) is 0 Å². The largest absolute Gasteiger partial charge is 0.328 e. The number of nitrogens with one attached hydrogen (secondary N) is 1. The number of nitrogens with zero attached hydrogens (tertiary/aromatic N) is 4. The van der Waals surface area contributed by atoms with Crippen LogP contribution in [0.5, 0.6) is 0 Å². The highest BCUT2D eigenvalue weighted by Crippen LogP contribution is 2.29. The number of rotatable bonds is 4. The van der Waals surface area contributed by atoms with Gasteiger partial charge in [-0.1, -0.05) is 41.1 Å². The van der Waals surface area contributed by atoms with Gasteiger partial charge in [-0.3, -0.25) is 4.79 Å². The van der Waals surface area contributed by atoms with E-state index in [1.807, 2.05) is 46.7 Å². The molecule has 1 aromatic carbocycles. The Bertz CT molecular complexity index is 895. The van der Waals surface area contributed by atoms with Gasteiger partial charge in [-0.2, -0.15) is 0 Å². The molecule has 0 spiro atoms. The van der Waals surface area contributed by atoms with Gasteiger partial charge < -0.3 is 10.2 Å². The van der Waals surface area contributed by atoms with Gasteiger partial charge in [-0.15, -0.1) is 16.4 Å². The standard InChI is InChI=1S/C18H18ClN5OS/c19-15-6-2-1-5-14(15)17-10-20-7-8-24(17)18(25)16-12-23(22-21-16)11-13-4-3-9-26-13/h1-6,9,12,17,20H,7-8,10-11H2. The topological polar surface area (TPSA) is 63.1 Å². The molecule has 1 aliphatic rings. The van der Waals surface area contributed by atoms with Gasteiger partial charge >= 0.3 is 0 Å². The first-order valence-corrected chi connectivity index (χ1v) is 9.67. The predicted molar refractivity (Wildman–Crippen MR) is 102 cm³/mol. The Balaban J connectivity index is 1.56. The van der Waals surface area contributed by atoms with Crippen LogP contribution in [0.25, 0.3) is 0 Å². The monoisotopic (exact) mass is 387 g/mol. The van der Waals surface area contributed by atoms with Gasteiger partial charge in [0.25, 0.3) is 5.91 Å². The van der Waals surface area contributed by atoms with E-state index < -0.39 is 0 Å². The third kappa shape index (κ3) is 3.51. The highest BCUT2D eigenvalue weighted by atomic mass is 35.5. The Morgan fingerprint density at radius 2 is 2.19 bits per heavy atom. The molecule has 4 rings (SSSR count). The summed E-state index contributed by atoms with van der Waals surface area (Å²) < 4.78 is 1.70. The number of carbonyl (C=O) groups is 1. The third-order valence-electron chi connectivity index (χ3n) is 4.42. The summed E-state index contributed by atoms with van der Waals surface area (Å²) in [4.78, 5) is 16.1. The Kier molecular flexibility index (Phi) is 5.01. The summed E-state index contributed by atoms with van der Waals surface area (Å²) in [6.45, 7) is 2.63. The molecule has 1 atom stereocenters. The zero-order valence-electron chi connectivity index (χ0n) is 14.0. The smallest absolute Gasteiger partial charge is 0.276 e. The molecule has 0 aliphatic carbocycles. The number of piperazine rings is 1. The molecule has 3 aromatic rings. The summed E-state index contributed by atoms with van der Waals surface area (Å²) in [7, 11) is 0. The third-order valence-corrected chi connectivity index (χ3v) is 5.63. The van der Waals surface area contributed by atoms with Crippen LogP contribution in [-0.2, 0) is 6.54 Å². The summed E-state index contributed by atoms with van der Waals surface area (Å²) in [6.07, 6.45) is 1.72. The molecule has 1 N–H and O–H groups in total. The Morgan fingerprint density at radius 3 is 3.00 bits per heavy atom. The normalized spacial score (nSPS) is 17.4. The first-order chi connectivity index (χ1) is 12.7. The number of halogens is 1. The van der Waals surface area contributed by atoms with Crippen molar-refractivity contribution < 1.29 is 4.79 Å². The molecule has 6 nitrogen and oxygen atoms in total. The molecule has 8 heteroatoms. The summed E-state index contributed by atoms with van der Waals surface area (Å²) in [6, 6.07) is 11.6. The van der Waals surface area contributed by atoms with E-state index in [1.54, 1.807) is 22.2 Å².